The number of nitrogens with two attached hydrogens (primary N) is 1. The van der Waals surface area contributed by atoms with Crippen molar-refractivity contribution in [2.45, 2.75) is 20.0 Å². The van der Waals surface area contributed by atoms with Crippen LogP contribution in [0.1, 0.15) is 24.2 Å². The summed E-state index contributed by atoms with van der Waals surface area (Å²) in [4.78, 5) is 33.1. The summed E-state index contributed by atoms with van der Waals surface area (Å²) in [6.45, 7) is 2.78. The van der Waals surface area contributed by atoms with Crippen molar-refractivity contribution in [1.82, 2.24) is 0 Å². The van der Waals surface area contributed by atoms with E-state index in [4.69, 9.17) is 10.5 Å². The van der Waals surface area contributed by atoms with Crippen molar-refractivity contribution < 1.29 is 19.1 Å². The van der Waals surface area contributed by atoms with Gasteiger partial charge in [0.25, 0.3) is 5.91 Å². The summed E-state index contributed by atoms with van der Waals surface area (Å²) in [7, 11) is 0. The minimum atomic E-state index is -0.979. The lowest BCUT2D eigenvalue weighted by Crippen LogP contribution is -2.30. The average molecular weight is 250 g/mol. The van der Waals surface area contributed by atoms with E-state index in [1.165, 1.54) is 26.0 Å². The molecule has 0 heterocycles. The zero-order chi connectivity index (χ0) is 13.7. The molecule has 6 heteroatoms. The van der Waals surface area contributed by atoms with E-state index in [0.717, 1.165) is 0 Å². The predicted octanol–water partition coefficient (Wildman–Crippen LogP) is 0.676. The summed E-state index contributed by atoms with van der Waals surface area (Å²) < 4.78 is 4.82. The van der Waals surface area contributed by atoms with E-state index < -0.39 is 18.0 Å². The summed E-state index contributed by atoms with van der Waals surface area (Å²) in [6, 6.07) is 6.10. The van der Waals surface area contributed by atoms with Crippen LogP contribution < -0.4 is 11.1 Å². The number of anilines is 1. The van der Waals surface area contributed by atoms with E-state index >= 15 is 0 Å². The molecule has 0 unspecified atom stereocenters. The highest BCUT2D eigenvalue weighted by Gasteiger charge is 2.15. The molecule has 0 radical (unpaired) electrons. The van der Waals surface area contributed by atoms with Crippen LogP contribution in [-0.2, 0) is 14.3 Å². The fourth-order valence-electron chi connectivity index (χ4n) is 1.18. The van der Waals surface area contributed by atoms with Gasteiger partial charge >= 0.3 is 5.97 Å². The van der Waals surface area contributed by atoms with Crippen molar-refractivity contribution in [1.29, 1.82) is 0 Å². The molecule has 6 nitrogen and oxygen atoms in total. The predicted molar refractivity (Wildman–Crippen MR) is 64.8 cm³/mol. The van der Waals surface area contributed by atoms with Crippen molar-refractivity contribution in [2.75, 3.05) is 5.32 Å². The normalized spacial score (nSPS) is 11.4. The van der Waals surface area contributed by atoms with Gasteiger partial charge in [0.15, 0.2) is 6.10 Å². The maximum Gasteiger partial charge on any atom is 0.338 e. The third-order valence-electron chi connectivity index (χ3n) is 2.13. The van der Waals surface area contributed by atoms with Gasteiger partial charge in [-0.3, -0.25) is 9.59 Å². The SMILES string of the molecule is CC(=O)Nc1ccc(C(=O)O[C@H](C)C(N)=O)cc1. The molecule has 0 bridgehead atoms. The van der Waals surface area contributed by atoms with Crippen LogP contribution in [0.5, 0.6) is 0 Å². The van der Waals surface area contributed by atoms with Gasteiger partial charge in [-0.05, 0) is 31.2 Å². The Morgan fingerprint density at radius 3 is 2.22 bits per heavy atom. The number of carbonyl (C=O) groups is 3. The molecule has 1 aromatic carbocycles. The van der Waals surface area contributed by atoms with Gasteiger partial charge in [-0.15, -0.1) is 0 Å². The molecule has 3 N–H and O–H groups in total. The van der Waals surface area contributed by atoms with Gasteiger partial charge < -0.3 is 15.8 Å². The third kappa shape index (κ3) is 3.89. The van der Waals surface area contributed by atoms with Crippen LogP contribution in [0.2, 0.25) is 0 Å². The molecule has 1 rings (SSSR count). The molecule has 0 fully saturated rings. The van der Waals surface area contributed by atoms with Crippen LogP contribution in [0.3, 0.4) is 0 Å². The van der Waals surface area contributed by atoms with Crippen molar-refractivity contribution >= 4 is 23.5 Å². The second-order valence-electron chi connectivity index (χ2n) is 3.71. The first-order chi connectivity index (χ1) is 8.40. The van der Waals surface area contributed by atoms with Crippen molar-refractivity contribution in [3.63, 3.8) is 0 Å². The number of rotatable bonds is 4. The standard InChI is InChI=1S/C12H14N2O4/c1-7(11(13)16)18-12(17)9-3-5-10(6-4-9)14-8(2)15/h3-7H,1-2H3,(H2,13,16)(H,14,15)/t7-/m1/s1. The Morgan fingerprint density at radius 2 is 1.78 bits per heavy atom. The Bertz CT molecular complexity index is 467. The molecule has 0 aliphatic heterocycles. The average Bonchev–Trinajstić information content (AvgIpc) is 2.28. The number of ether oxygens (including phenoxy) is 1. The van der Waals surface area contributed by atoms with Gasteiger partial charge in [0.1, 0.15) is 0 Å². The number of primary amides is 1. The number of amides is 2. The molecule has 2 amide bonds. The Labute approximate surface area is 104 Å². The van der Waals surface area contributed by atoms with E-state index in [1.807, 2.05) is 0 Å². The third-order valence-corrected chi connectivity index (χ3v) is 2.13. The summed E-state index contributed by atoms with van der Waals surface area (Å²) in [5, 5.41) is 2.56. The summed E-state index contributed by atoms with van der Waals surface area (Å²) >= 11 is 0. The number of hydrogen-bond donors (Lipinski definition) is 2. The molecule has 1 aromatic rings. The quantitative estimate of drug-likeness (QED) is 0.767. The number of esters is 1. The first kappa shape index (κ1) is 13.7. The van der Waals surface area contributed by atoms with Gasteiger partial charge in [0, 0.05) is 12.6 Å². The molecule has 1 atom stereocenters. The molecule has 0 aliphatic carbocycles. The maximum absolute atomic E-state index is 11.6. The highest BCUT2D eigenvalue weighted by Crippen LogP contribution is 2.11. The van der Waals surface area contributed by atoms with Crippen LogP contribution in [0.15, 0.2) is 24.3 Å². The fraction of sp³-hybridized carbons (Fsp3) is 0.250. The zero-order valence-electron chi connectivity index (χ0n) is 10.1. The largest absolute Gasteiger partial charge is 0.449 e. The van der Waals surface area contributed by atoms with Gasteiger partial charge in [0.05, 0.1) is 5.56 Å². The lowest BCUT2D eigenvalue weighted by atomic mass is 10.2. The lowest BCUT2D eigenvalue weighted by molar-refractivity contribution is -0.125. The zero-order valence-corrected chi connectivity index (χ0v) is 10.1. The van der Waals surface area contributed by atoms with E-state index in [9.17, 15) is 14.4 Å². The summed E-state index contributed by atoms with van der Waals surface area (Å²) in [6.07, 6.45) is -0.979. The Kier molecular flexibility index (Phi) is 4.42. The number of carbonyl (C=O) groups excluding carboxylic acids is 3. The van der Waals surface area contributed by atoms with E-state index in [2.05, 4.69) is 5.32 Å². The first-order valence-electron chi connectivity index (χ1n) is 5.28. The Hall–Kier alpha value is -2.37. The molecular formula is C12H14N2O4. The van der Waals surface area contributed by atoms with Gasteiger partial charge in [-0.1, -0.05) is 0 Å². The summed E-state index contributed by atoms with van der Waals surface area (Å²) in [5.74, 6) is -1.55. The summed E-state index contributed by atoms with van der Waals surface area (Å²) in [5.41, 5.74) is 5.82. The van der Waals surface area contributed by atoms with Crippen LogP contribution in [0.4, 0.5) is 5.69 Å². The minimum Gasteiger partial charge on any atom is -0.449 e. The van der Waals surface area contributed by atoms with Crippen molar-refractivity contribution in [3.05, 3.63) is 29.8 Å². The highest BCUT2D eigenvalue weighted by atomic mass is 16.5. The molecule has 0 saturated heterocycles. The highest BCUT2D eigenvalue weighted by molar-refractivity contribution is 5.93. The van der Waals surface area contributed by atoms with E-state index in [-0.39, 0.29) is 11.5 Å². The van der Waals surface area contributed by atoms with E-state index in [1.54, 1.807) is 12.1 Å². The molecule has 0 aromatic heterocycles. The maximum atomic E-state index is 11.6. The van der Waals surface area contributed by atoms with Crippen LogP contribution >= 0.6 is 0 Å². The number of hydrogen-bond acceptors (Lipinski definition) is 4. The van der Waals surface area contributed by atoms with Crippen LogP contribution in [0, 0.1) is 0 Å². The lowest BCUT2D eigenvalue weighted by Gasteiger charge is -2.09. The van der Waals surface area contributed by atoms with Crippen molar-refractivity contribution in [3.8, 4) is 0 Å². The Balaban J connectivity index is 2.70. The number of nitrogens with one attached hydrogen (secondary N) is 1. The topological polar surface area (TPSA) is 98.5 Å². The molecule has 0 saturated carbocycles. The van der Waals surface area contributed by atoms with Gasteiger partial charge in [-0.2, -0.15) is 0 Å². The molecule has 96 valence electrons. The molecular weight excluding hydrogens is 236 g/mol. The monoisotopic (exact) mass is 250 g/mol. The van der Waals surface area contributed by atoms with E-state index in [0.29, 0.717) is 5.69 Å². The Morgan fingerprint density at radius 1 is 1.22 bits per heavy atom. The second kappa shape index (κ2) is 5.81. The fourth-order valence-corrected chi connectivity index (χ4v) is 1.18. The molecule has 0 spiro atoms. The molecule has 0 aliphatic rings. The van der Waals surface area contributed by atoms with Crippen LogP contribution in [-0.4, -0.2) is 23.9 Å². The van der Waals surface area contributed by atoms with Crippen LogP contribution in [0.25, 0.3) is 0 Å². The minimum absolute atomic E-state index is 0.201. The smallest absolute Gasteiger partial charge is 0.338 e. The van der Waals surface area contributed by atoms with Crippen molar-refractivity contribution in [2.24, 2.45) is 5.73 Å². The second-order valence-corrected chi connectivity index (χ2v) is 3.71. The number of benzene rings is 1. The molecule has 18 heavy (non-hydrogen) atoms. The first-order valence-corrected chi connectivity index (χ1v) is 5.28. The van der Waals surface area contributed by atoms with Gasteiger partial charge in [-0.25, -0.2) is 4.79 Å². The van der Waals surface area contributed by atoms with Gasteiger partial charge in [0.2, 0.25) is 5.91 Å².